The van der Waals surface area contributed by atoms with Gasteiger partial charge in [-0.25, -0.2) is 9.97 Å². The van der Waals surface area contributed by atoms with Crippen LogP contribution in [-0.4, -0.2) is 15.1 Å². The lowest BCUT2D eigenvalue weighted by atomic mass is 10.1. The predicted octanol–water partition coefficient (Wildman–Crippen LogP) is 4.19. The molecule has 6 heteroatoms. The molecule has 0 aliphatic rings. The highest BCUT2D eigenvalue weighted by Gasteiger charge is 2.11. The maximum atomic E-state index is 5.98. The Morgan fingerprint density at radius 1 is 1.00 bits per heavy atom. The van der Waals surface area contributed by atoms with E-state index < -0.39 is 0 Å². The van der Waals surface area contributed by atoms with Crippen LogP contribution in [0.5, 0.6) is 5.88 Å². The molecule has 1 aromatic carbocycles. The SMILES string of the molecule is Cc1ccc(-c2cc(Cc3ccc(OCc4ccccc4)nc3)no2)c(N)n1. The minimum Gasteiger partial charge on any atom is -0.473 e. The molecule has 3 aromatic heterocycles. The fraction of sp³-hybridized carbons (Fsp3) is 0.136. The molecular weight excluding hydrogens is 352 g/mol. The Balaban J connectivity index is 1.40. The Labute approximate surface area is 163 Å². The molecular formula is C22H20N4O2. The van der Waals surface area contributed by atoms with Crippen LogP contribution in [-0.2, 0) is 13.0 Å². The van der Waals surface area contributed by atoms with Crippen molar-refractivity contribution >= 4 is 5.82 Å². The van der Waals surface area contributed by atoms with Crippen LogP contribution in [0.2, 0.25) is 0 Å². The van der Waals surface area contributed by atoms with Gasteiger partial charge in [-0.2, -0.15) is 0 Å². The van der Waals surface area contributed by atoms with Gasteiger partial charge in [-0.3, -0.25) is 0 Å². The van der Waals surface area contributed by atoms with Crippen molar-refractivity contribution in [3.8, 4) is 17.2 Å². The van der Waals surface area contributed by atoms with Gasteiger partial charge in [0.05, 0.1) is 11.3 Å². The first-order valence-electron chi connectivity index (χ1n) is 8.98. The molecule has 0 saturated heterocycles. The second-order valence-corrected chi connectivity index (χ2v) is 6.52. The van der Waals surface area contributed by atoms with E-state index in [1.807, 2.05) is 67.6 Å². The van der Waals surface area contributed by atoms with Crippen molar-refractivity contribution < 1.29 is 9.26 Å². The van der Waals surface area contributed by atoms with Crippen molar-refractivity contribution in [2.45, 2.75) is 20.0 Å². The van der Waals surface area contributed by atoms with Gasteiger partial charge in [-0.1, -0.05) is 41.6 Å². The quantitative estimate of drug-likeness (QED) is 0.546. The molecule has 0 bridgehead atoms. The van der Waals surface area contributed by atoms with Gasteiger partial charge >= 0.3 is 0 Å². The zero-order valence-electron chi connectivity index (χ0n) is 15.5. The number of ether oxygens (including phenoxy) is 1. The number of rotatable bonds is 6. The third-order valence-electron chi connectivity index (χ3n) is 4.30. The highest BCUT2D eigenvalue weighted by molar-refractivity contribution is 5.69. The molecule has 4 aromatic rings. The molecule has 0 spiro atoms. The first-order chi connectivity index (χ1) is 13.7. The van der Waals surface area contributed by atoms with Crippen molar-refractivity contribution in [3.63, 3.8) is 0 Å². The van der Waals surface area contributed by atoms with E-state index >= 15 is 0 Å². The molecule has 0 fully saturated rings. The molecule has 0 atom stereocenters. The summed E-state index contributed by atoms with van der Waals surface area (Å²) in [6.45, 7) is 2.39. The number of pyridine rings is 2. The van der Waals surface area contributed by atoms with Crippen LogP contribution < -0.4 is 10.5 Å². The Hall–Kier alpha value is -3.67. The van der Waals surface area contributed by atoms with Crippen molar-refractivity contribution in [3.05, 3.63) is 89.4 Å². The summed E-state index contributed by atoms with van der Waals surface area (Å²) in [6.07, 6.45) is 2.39. The van der Waals surface area contributed by atoms with Gasteiger partial charge in [0.15, 0.2) is 5.76 Å². The standard InChI is InChI=1S/C22H20N4O2/c1-15-7-9-19(22(23)25-15)20-12-18(26-28-20)11-17-8-10-21(24-13-17)27-14-16-5-3-2-4-6-16/h2-10,12-13H,11,14H2,1H3,(H2,23,25). The highest BCUT2D eigenvalue weighted by Crippen LogP contribution is 2.26. The van der Waals surface area contributed by atoms with Crippen LogP contribution in [0.1, 0.15) is 22.5 Å². The molecule has 0 saturated carbocycles. The summed E-state index contributed by atoms with van der Waals surface area (Å²) in [5.41, 5.74) is 10.5. The molecule has 0 amide bonds. The van der Waals surface area contributed by atoms with E-state index in [2.05, 4.69) is 15.1 Å². The number of anilines is 1. The second-order valence-electron chi connectivity index (χ2n) is 6.52. The summed E-state index contributed by atoms with van der Waals surface area (Å²) >= 11 is 0. The molecule has 6 nitrogen and oxygen atoms in total. The van der Waals surface area contributed by atoms with Gasteiger partial charge in [0, 0.05) is 30.4 Å². The summed E-state index contributed by atoms with van der Waals surface area (Å²) in [7, 11) is 0. The summed E-state index contributed by atoms with van der Waals surface area (Å²) in [5.74, 6) is 1.63. The van der Waals surface area contributed by atoms with Crippen LogP contribution in [0.25, 0.3) is 11.3 Å². The number of hydrogen-bond donors (Lipinski definition) is 1. The van der Waals surface area contributed by atoms with E-state index in [0.717, 1.165) is 28.1 Å². The third-order valence-corrected chi connectivity index (χ3v) is 4.30. The van der Waals surface area contributed by atoms with Gasteiger partial charge in [0.2, 0.25) is 5.88 Å². The van der Waals surface area contributed by atoms with Gasteiger partial charge in [-0.15, -0.1) is 0 Å². The lowest BCUT2D eigenvalue weighted by Gasteiger charge is -2.05. The van der Waals surface area contributed by atoms with E-state index in [-0.39, 0.29) is 0 Å². The second kappa shape index (κ2) is 7.92. The lowest BCUT2D eigenvalue weighted by Crippen LogP contribution is -1.97. The Kier molecular flexibility index (Phi) is 5.01. The van der Waals surface area contributed by atoms with Crippen LogP contribution in [0.15, 0.2) is 71.4 Å². The summed E-state index contributed by atoms with van der Waals surface area (Å²) < 4.78 is 11.2. The fourth-order valence-electron chi connectivity index (χ4n) is 2.85. The number of nitrogens with two attached hydrogens (primary N) is 1. The molecule has 0 unspecified atom stereocenters. The number of nitrogens with zero attached hydrogens (tertiary/aromatic N) is 3. The van der Waals surface area contributed by atoms with E-state index in [1.54, 1.807) is 6.20 Å². The van der Waals surface area contributed by atoms with Crippen molar-refractivity contribution in [1.82, 2.24) is 15.1 Å². The fourth-order valence-corrected chi connectivity index (χ4v) is 2.85. The van der Waals surface area contributed by atoms with Crippen LogP contribution in [0, 0.1) is 6.92 Å². The molecule has 28 heavy (non-hydrogen) atoms. The minimum atomic E-state index is 0.435. The Morgan fingerprint density at radius 2 is 1.86 bits per heavy atom. The molecule has 0 aliphatic carbocycles. The molecule has 4 rings (SSSR count). The van der Waals surface area contributed by atoms with E-state index in [0.29, 0.717) is 30.5 Å². The minimum absolute atomic E-state index is 0.435. The average molecular weight is 372 g/mol. The monoisotopic (exact) mass is 372 g/mol. The molecule has 140 valence electrons. The largest absolute Gasteiger partial charge is 0.473 e. The van der Waals surface area contributed by atoms with E-state index in [4.69, 9.17) is 15.0 Å². The topological polar surface area (TPSA) is 87.1 Å². The number of hydrogen-bond acceptors (Lipinski definition) is 6. The average Bonchev–Trinajstić information content (AvgIpc) is 3.16. The summed E-state index contributed by atoms with van der Waals surface area (Å²) in [5, 5.41) is 4.13. The molecule has 2 N–H and O–H groups in total. The first kappa shape index (κ1) is 17.7. The maximum Gasteiger partial charge on any atom is 0.213 e. The lowest BCUT2D eigenvalue weighted by molar-refractivity contribution is 0.294. The van der Waals surface area contributed by atoms with E-state index in [1.165, 1.54) is 0 Å². The number of nitrogen functional groups attached to an aromatic ring is 1. The third kappa shape index (κ3) is 4.17. The maximum absolute atomic E-state index is 5.98. The van der Waals surface area contributed by atoms with Crippen molar-refractivity contribution in [1.29, 1.82) is 0 Å². The summed E-state index contributed by atoms with van der Waals surface area (Å²) in [6, 6.07) is 19.5. The molecule has 0 aliphatic heterocycles. The van der Waals surface area contributed by atoms with Gasteiger partial charge in [0.25, 0.3) is 0 Å². The van der Waals surface area contributed by atoms with Crippen LogP contribution in [0.4, 0.5) is 5.82 Å². The number of aromatic nitrogens is 3. The van der Waals surface area contributed by atoms with E-state index in [9.17, 15) is 0 Å². The highest BCUT2D eigenvalue weighted by atomic mass is 16.5. The summed E-state index contributed by atoms with van der Waals surface area (Å²) in [4.78, 5) is 8.63. The van der Waals surface area contributed by atoms with Crippen molar-refractivity contribution in [2.24, 2.45) is 0 Å². The Morgan fingerprint density at radius 3 is 2.61 bits per heavy atom. The smallest absolute Gasteiger partial charge is 0.213 e. The van der Waals surface area contributed by atoms with Gasteiger partial charge in [0.1, 0.15) is 12.4 Å². The van der Waals surface area contributed by atoms with Crippen LogP contribution in [0.3, 0.4) is 0 Å². The first-order valence-corrected chi connectivity index (χ1v) is 8.98. The Bertz CT molecular complexity index is 1060. The van der Waals surface area contributed by atoms with Crippen molar-refractivity contribution in [2.75, 3.05) is 5.73 Å². The zero-order valence-corrected chi connectivity index (χ0v) is 15.5. The normalized spacial score (nSPS) is 10.8. The number of aryl methyl sites for hydroxylation is 1. The molecule has 0 radical (unpaired) electrons. The van der Waals surface area contributed by atoms with Gasteiger partial charge < -0.3 is 15.0 Å². The predicted molar refractivity (Wildman–Crippen MR) is 107 cm³/mol. The van der Waals surface area contributed by atoms with Crippen LogP contribution >= 0.6 is 0 Å². The molecule has 3 heterocycles. The van der Waals surface area contributed by atoms with Gasteiger partial charge in [-0.05, 0) is 30.2 Å². The number of benzene rings is 1. The zero-order chi connectivity index (χ0) is 19.3.